The van der Waals surface area contributed by atoms with Gasteiger partial charge in [0.05, 0.1) is 19.1 Å². The largest absolute Gasteiger partial charge is 0.465 e. The minimum absolute atomic E-state index is 0.276. The number of H-pyrrole nitrogens is 1. The number of tetrazole rings is 1. The lowest BCUT2D eigenvalue weighted by Gasteiger charge is -2.19. The van der Waals surface area contributed by atoms with Crippen LogP contribution < -0.4 is 0 Å². The van der Waals surface area contributed by atoms with Crippen LogP contribution in [-0.2, 0) is 22.4 Å². The normalized spacial score (nSPS) is 12.0. The Morgan fingerprint density at radius 2 is 1.88 bits per heavy atom. The maximum atomic E-state index is 12.4. The molecule has 206 valence electrons. The first-order chi connectivity index (χ1) is 19.5. The number of aromatic amines is 1. The summed E-state index contributed by atoms with van der Waals surface area (Å²) in [6, 6.07) is 17.7. The van der Waals surface area contributed by atoms with E-state index in [1.165, 1.54) is 13.4 Å². The average Bonchev–Trinajstić information content (AvgIpc) is 3.75. The number of furan rings is 1. The number of esters is 1. The second-order valence-electron chi connectivity index (χ2n) is 9.18. The van der Waals surface area contributed by atoms with Gasteiger partial charge in [-0.05, 0) is 34.4 Å². The molecule has 0 bridgehead atoms. The summed E-state index contributed by atoms with van der Waals surface area (Å²) in [5, 5.41) is 14.8. The Balaban J connectivity index is 1.51. The zero-order chi connectivity index (χ0) is 28.1. The van der Waals surface area contributed by atoms with Gasteiger partial charge in [0.25, 0.3) is 0 Å². The highest BCUT2D eigenvalue weighted by Gasteiger charge is 2.31. The van der Waals surface area contributed by atoms with Crippen LogP contribution in [0.25, 0.3) is 22.5 Å². The van der Waals surface area contributed by atoms with Crippen LogP contribution in [0.4, 0.5) is 0 Å². The smallest absolute Gasteiger partial charge is 0.341 e. The topological polar surface area (TPSA) is 121 Å². The molecule has 0 saturated carbocycles. The predicted octanol–water partition coefficient (Wildman–Crippen LogP) is 5.89. The van der Waals surface area contributed by atoms with E-state index < -0.39 is 12.1 Å². The van der Waals surface area contributed by atoms with E-state index in [1.54, 1.807) is 13.2 Å². The van der Waals surface area contributed by atoms with Crippen LogP contribution in [-0.4, -0.2) is 50.4 Å². The summed E-state index contributed by atoms with van der Waals surface area (Å²) in [7, 11) is 2.87. The van der Waals surface area contributed by atoms with E-state index in [2.05, 4.69) is 56.4 Å². The van der Waals surface area contributed by atoms with Crippen molar-refractivity contribution in [2.24, 2.45) is 0 Å². The summed E-state index contributed by atoms with van der Waals surface area (Å²) < 4.78 is 18.6. The summed E-state index contributed by atoms with van der Waals surface area (Å²) in [6.07, 6.45) is 3.37. The van der Waals surface area contributed by atoms with E-state index in [0.717, 1.165) is 47.3 Å². The monoisotopic (exact) mass is 560 g/mol. The summed E-state index contributed by atoms with van der Waals surface area (Å²) in [4.78, 5) is 17.1. The lowest BCUT2D eigenvalue weighted by Crippen LogP contribution is -2.16. The molecule has 2 aromatic carbocycles. The van der Waals surface area contributed by atoms with Crippen molar-refractivity contribution >= 4 is 17.6 Å². The van der Waals surface area contributed by atoms with Gasteiger partial charge in [-0.1, -0.05) is 73.5 Å². The molecule has 0 aliphatic carbocycles. The first-order valence-corrected chi connectivity index (χ1v) is 13.3. The molecule has 0 aliphatic heterocycles. The first-order valence-electron chi connectivity index (χ1n) is 12.9. The van der Waals surface area contributed by atoms with Gasteiger partial charge in [-0.3, -0.25) is 0 Å². The summed E-state index contributed by atoms with van der Waals surface area (Å²) in [6.45, 7) is 2.62. The van der Waals surface area contributed by atoms with Gasteiger partial charge >= 0.3 is 5.97 Å². The Morgan fingerprint density at radius 1 is 1.10 bits per heavy atom. The number of nitrogens with zero attached hydrogens (tertiary/aromatic N) is 5. The molecule has 10 nitrogen and oxygen atoms in total. The molecule has 5 rings (SSSR count). The van der Waals surface area contributed by atoms with Gasteiger partial charge in [-0.25, -0.2) is 9.78 Å². The number of carbonyl (C=O) groups excluding carboxylic acids is 1. The molecular formula is C29H29ClN6O4. The number of carbonyl (C=O) groups is 1. The van der Waals surface area contributed by atoms with Gasteiger partial charge in [-0.15, -0.1) is 10.2 Å². The van der Waals surface area contributed by atoms with Crippen LogP contribution in [0.3, 0.4) is 0 Å². The van der Waals surface area contributed by atoms with E-state index in [-0.39, 0.29) is 5.56 Å². The molecule has 0 saturated heterocycles. The van der Waals surface area contributed by atoms with Crippen molar-refractivity contribution in [3.63, 3.8) is 0 Å². The van der Waals surface area contributed by atoms with Crippen molar-refractivity contribution in [1.29, 1.82) is 0 Å². The Morgan fingerprint density at radius 3 is 2.55 bits per heavy atom. The molecule has 11 heteroatoms. The lowest BCUT2D eigenvalue weighted by atomic mass is 9.98. The van der Waals surface area contributed by atoms with Crippen molar-refractivity contribution in [1.82, 2.24) is 30.2 Å². The highest BCUT2D eigenvalue weighted by Crippen LogP contribution is 2.36. The fraction of sp³-hybridized carbons (Fsp3) is 0.276. The van der Waals surface area contributed by atoms with Crippen LogP contribution in [0, 0.1) is 0 Å². The van der Waals surface area contributed by atoms with E-state index >= 15 is 0 Å². The van der Waals surface area contributed by atoms with E-state index in [9.17, 15) is 4.79 Å². The summed E-state index contributed by atoms with van der Waals surface area (Å²) in [5.74, 6) is 1.16. The number of benzene rings is 2. The zero-order valence-corrected chi connectivity index (χ0v) is 23.2. The van der Waals surface area contributed by atoms with Gasteiger partial charge < -0.3 is 18.5 Å². The number of halogens is 1. The van der Waals surface area contributed by atoms with Gasteiger partial charge in [0, 0.05) is 25.6 Å². The SMILES string of the molecule is CCCCc1nc(Cl)c(C(OC)c2occc2C(=O)OC)n1Cc1ccc(-c2ccccc2-c2nn[nH]n2)cc1. The fourth-order valence-electron chi connectivity index (χ4n) is 4.76. The van der Waals surface area contributed by atoms with Crippen molar-refractivity contribution < 1.29 is 18.7 Å². The van der Waals surface area contributed by atoms with Gasteiger partial charge in [0.15, 0.2) is 17.0 Å². The van der Waals surface area contributed by atoms with Crippen molar-refractivity contribution in [2.45, 2.75) is 38.8 Å². The molecule has 0 fully saturated rings. The molecule has 0 spiro atoms. The second-order valence-corrected chi connectivity index (χ2v) is 9.54. The average molecular weight is 561 g/mol. The molecule has 3 aromatic heterocycles. The van der Waals surface area contributed by atoms with Crippen molar-refractivity contribution in [3.8, 4) is 22.5 Å². The lowest BCUT2D eigenvalue weighted by molar-refractivity contribution is 0.0583. The number of nitrogens with one attached hydrogen (secondary N) is 1. The molecule has 1 unspecified atom stereocenters. The molecule has 0 amide bonds. The number of methoxy groups -OCH3 is 2. The third-order valence-corrected chi connectivity index (χ3v) is 7.01. The number of hydrogen-bond donors (Lipinski definition) is 1. The minimum Gasteiger partial charge on any atom is -0.465 e. The van der Waals surface area contributed by atoms with Crippen LogP contribution in [0.1, 0.15) is 59.1 Å². The highest BCUT2D eigenvalue weighted by molar-refractivity contribution is 6.30. The Labute approximate surface area is 236 Å². The Kier molecular flexibility index (Phi) is 8.37. The number of unbranched alkanes of at least 4 members (excludes halogenated alkanes) is 1. The minimum atomic E-state index is -0.763. The Bertz CT molecular complexity index is 1580. The summed E-state index contributed by atoms with van der Waals surface area (Å²) >= 11 is 6.73. The number of ether oxygens (including phenoxy) is 2. The number of aryl methyl sites for hydroxylation is 1. The third kappa shape index (κ3) is 5.41. The molecular weight excluding hydrogens is 532 g/mol. The van der Waals surface area contributed by atoms with Crippen LogP contribution >= 0.6 is 11.6 Å². The Hall–Kier alpha value is -4.28. The molecule has 5 aromatic rings. The van der Waals surface area contributed by atoms with Crippen molar-refractivity contribution in [3.05, 3.63) is 94.4 Å². The second kappa shape index (κ2) is 12.3. The van der Waals surface area contributed by atoms with Crippen LogP contribution in [0.5, 0.6) is 0 Å². The van der Waals surface area contributed by atoms with Gasteiger partial charge in [0.2, 0.25) is 5.82 Å². The third-order valence-electron chi connectivity index (χ3n) is 6.74. The molecule has 1 atom stereocenters. The molecule has 1 N–H and O–H groups in total. The number of imidazole rings is 1. The zero-order valence-electron chi connectivity index (χ0n) is 22.4. The maximum Gasteiger partial charge on any atom is 0.341 e. The molecule has 40 heavy (non-hydrogen) atoms. The van der Waals surface area contributed by atoms with E-state index in [4.69, 9.17) is 30.5 Å². The number of hydrogen-bond acceptors (Lipinski definition) is 8. The number of aromatic nitrogens is 6. The quantitative estimate of drug-likeness (QED) is 0.198. The van der Waals surface area contributed by atoms with Crippen molar-refractivity contribution in [2.75, 3.05) is 14.2 Å². The fourth-order valence-corrected chi connectivity index (χ4v) is 5.06. The molecule has 3 heterocycles. The van der Waals surface area contributed by atoms with Crippen LogP contribution in [0.2, 0.25) is 5.15 Å². The van der Waals surface area contributed by atoms with E-state index in [0.29, 0.717) is 29.0 Å². The summed E-state index contributed by atoms with van der Waals surface area (Å²) in [5.41, 5.74) is 4.83. The standard InChI is InChI=1S/C29H29ClN6O4/c1-4-5-10-23-31-27(30)24(26(38-2)25-22(15-16-40-25)29(37)39-3)36(23)17-18-11-13-19(14-12-18)20-8-6-7-9-21(20)28-32-34-35-33-28/h6-9,11-16,26H,4-5,10,17H2,1-3H3,(H,32,33,34,35). The number of rotatable bonds is 11. The highest BCUT2D eigenvalue weighted by atomic mass is 35.5. The maximum absolute atomic E-state index is 12.4. The van der Waals surface area contributed by atoms with E-state index in [1.807, 2.05) is 24.3 Å². The van der Waals surface area contributed by atoms with Crippen LogP contribution in [0.15, 0.2) is 65.3 Å². The van der Waals surface area contributed by atoms with Gasteiger partial charge in [-0.2, -0.15) is 5.21 Å². The molecule has 0 radical (unpaired) electrons. The first kappa shape index (κ1) is 27.3. The molecule has 0 aliphatic rings. The van der Waals surface area contributed by atoms with Gasteiger partial charge in [0.1, 0.15) is 11.4 Å². The predicted molar refractivity (Wildman–Crippen MR) is 149 cm³/mol.